The van der Waals surface area contributed by atoms with Gasteiger partial charge in [0.1, 0.15) is 10.6 Å². The van der Waals surface area contributed by atoms with E-state index in [1.54, 1.807) is 37.6 Å². The van der Waals surface area contributed by atoms with Gasteiger partial charge in [0.05, 0.1) is 13.3 Å². The maximum absolute atomic E-state index is 11.9. The molecule has 6 nitrogen and oxygen atoms in total. The molecular weight excluding hydrogens is 382 g/mol. The molecule has 0 atom stereocenters. The van der Waals surface area contributed by atoms with Crippen molar-refractivity contribution < 1.29 is 13.2 Å². The van der Waals surface area contributed by atoms with Crippen molar-refractivity contribution in [3.05, 3.63) is 58.1 Å². The predicted octanol–water partition coefficient (Wildman–Crippen LogP) is 2.53. The zero-order valence-electron chi connectivity index (χ0n) is 12.0. The van der Waals surface area contributed by atoms with Crippen molar-refractivity contribution >= 4 is 38.0 Å². The minimum Gasteiger partial charge on any atom is -0.496 e. The van der Waals surface area contributed by atoms with Crippen LogP contribution in [0.4, 0.5) is 0 Å². The molecule has 0 amide bonds. The number of rotatable bonds is 3. The van der Waals surface area contributed by atoms with Crippen LogP contribution < -0.4 is 10.2 Å². The number of nitrogens with one attached hydrogen (secondary N) is 1. The molecule has 0 radical (unpaired) electrons. The molecule has 0 fully saturated rings. The number of hydrogen-bond donors (Lipinski definition) is 1. The van der Waals surface area contributed by atoms with Gasteiger partial charge in [-0.05, 0) is 30.3 Å². The van der Waals surface area contributed by atoms with Crippen molar-refractivity contribution in [2.45, 2.75) is 4.90 Å². The second-order valence-corrected chi connectivity index (χ2v) is 7.16. The predicted molar refractivity (Wildman–Crippen MR) is 91.6 cm³/mol. The monoisotopic (exact) mass is 393 g/mol. The number of ether oxygens (including phenoxy) is 1. The number of fused-ring (bicyclic) bond motifs is 1. The molecule has 2 aromatic carbocycles. The molecule has 1 heterocycles. The van der Waals surface area contributed by atoms with E-state index in [0.717, 1.165) is 10.0 Å². The van der Waals surface area contributed by atoms with Crippen LogP contribution in [0.25, 0.3) is 0 Å². The Bertz CT molecular complexity index is 923. The lowest BCUT2D eigenvalue weighted by Gasteiger charge is -2.05. The van der Waals surface area contributed by atoms with Gasteiger partial charge in [-0.15, -0.1) is 4.40 Å². The largest absolute Gasteiger partial charge is 0.496 e. The minimum absolute atomic E-state index is 0.178. The van der Waals surface area contributed by atoms with Gasteiger partial charge in [0.15, 0.2) is 5.84 Å². The molecule has 0 saturated heterocycles. The summed E-state index contributed by atoms with van der Waals surface area (Å²) in [5.74, 6) is 0.853. The van der Waals surface area contributed by atoms with Crippen LogP contribution in [0.2, 0.25) is 0 Å². The molecule has 118 valence electrons. The highest BCUT2D eigenvalue weighted by atomic mass is 79.9. The van der Waals surface area contributed by atoms with Gasteiger partial charge >= 0.3 is 0 Å². The van der Waals surface area contributed by atoms with Gasteiger partial charge in [-0.3, -0.25) is 5.43 Å². The first-order chi connectivity index (χ1) is 11.0. The first-order valence-electron chi connectivity index (χ1n) is 6.58. The highest BCUT2D eigenvalue weighted by Gasteiger charge is 2.28. The van der Waals surface area contributed by atoms with Crippen LogP contribution in [-0.4, -0.2) is 27.6 Å². The number of methoxy groups -OCH3 is 1. The topological polar surface area (TPSA) is 80.1 Å². The molecule has 0 bridgehead atoms. The molecule has 0 saturated carbocycles. The molecule has 0 unspecified atom stereocenters. The van der Waals surface area contributed by atoms with Gasteiger partial charge in [0, 0.05) is 15.6 Å². The van der Waals surface area contributed by atoms with E-state index in [4.69, 9.17) is 4.74 Å². The minimum atomic E-state index is -3.65. The fourth-order valence-electron chi connectivity index (χ4n) is 2.16. The fourth-order valence-corrected chi connectivity index (χ4v) is 3.71. The summed E-state index contributed by atoms with van der Waals surface area (Å²) in [6.07, 6.45) is 1.54. The molecule has 1 N–H and O–H groups in total. The van der Waals surface area contributed by atoms with Crippen molar-refractivity contribution in [3.8, 4) is 5.75 Å². The first kappa shape index (κ1) is 15.7. The molecule has 0 aromatic heterocycles. The van der Waals surface area contributed by atoms with Crippen molar-refractivity contribution in [2.24, 2.45) is 9.50 Å². The van der Waals surface area contributed by atoms with Crippen molar-refractivity contribution in [2.75, 3.05) is 7.11 Å². The van der Waals surface area contributed by atoms with Crippen molar-refractivity contribution in [1.29, 1.82) is 0 Å². The third-order valence-corrected chi connectivity index (χ3v) is 5.03. The molecule has 0 spiro atoms. The van der Waals surface area contributed by atoms with E-state index in [1.807, 2.05) is 12.1 Å². The van der Waals surface area contributed by atoms with Gasteiger partial charge < -0.3 is 4.74 Å². The van der Waals surface area contributed by atoms with Crippen LogP contribution in [0, 0.1) is 0 Å². The van der Waals surface area contributed by atoms with Crippen LogP contribution in [0.3, 0.4) is 0 Å². The van der Waals surface area contributed by atoms with Gasteiger partial charge in [0.2, 0.25) is 0 Å². The van der Waals surface area contributed by atoms with E-state index in [9.17, 15) is 8.42 Å². The summed E-state index contributed by atoms with van der Waals surface area (Å²) in [4.78, 5) is 0.178. The smallest absolute Gasteiger partial charge is 0.285 e. The lowest BCUT2D eigenvalue weighted by atomic mass is 10.2. The van der Waals surface area contributed by atoms with Crippen LogP contribution >= 0.6 is 15.9 Å². The van der Waals surface area contributed by atoms with Crippen LogP contribution in [0.15, 0.2) is 61.3 Å². The number of hydrogen-bond acceptors (Lipinski definition) is 5. The molecule has 0 aliphatic carbocycles. The summed E-state index contributed by atoms with van der Waals surface area (Å²) in [7, 11) is -2.08. The Morgan fingerprint density at radius 1 is 1.26 bits per heavy atom. The highest BCUT2D eigenvalue weighted by Crippen LogP contribution is 2.25. The molecule has 8 heteroatoms. The maximum atomic E-state index is 11.9. The Kier molecular flexibility index (Phi) is 4.18. The number of halogens is 1. The van der Waals surface area contributed by atoms with Crippen LogP contribution in [0.1, 0.15) is 11.1 Å². The highest BCUT2D eigenvalue weighted by molar-refractivity contribution is 9.10. The van der Waals surface area contributed by atoms with Gasteiger partial charge in [-0.2, -0.15) is 13.5 Å². The third kappa shape index (κ3) is 3.13. The van der Waals surface area contributed by atoms with Crippen LogP contribution in [-0.2, 0) is 10.0 Å². The van der Waals surface area contributed by atoms with E-state index in [1.165, 1.54) is 6.07 Å². The summed E-state index contributed by atoms with van der Waals surface area (Å²) in [5.41, 5.74) is 3.93. The average Bonchev–Trinajstić information content (AvgIpc) is 2.79. The molecular formula is C15H12BrN3O3S. The summed E-state index contributed by atoms with van der Waals surface area (Å²) in [6.45, 7) is 0. The third-order valence-electron chi connectivity index (χ3n) is 3.20. The Labute approximate surface area is 142 Å². The zero-order valence-corrected chi connectivity index (χ0v) is 14.4. The number of nitrogens with zero attached hydrogens (tertiary/aromatic N) is 2. The maximum Gasteiger partial charge on any atom is 0.285 e. The number of hydrazone groups is 1. The Balaban J connectivity index is 1.86. The molecule has 1 aliphatic rings. The zero-order chi connectivity index (χ0) is 16.4. The molecule has 2 aromatic rings. The van der Waals surface area contributed by atoms with E-state index in [2.05, 4.69) is 30.9 Å². The van der Waals surface area contributed by atoms with Crippen LogP contribution in [0.5, 0.6) is 5.75 Å². The SMILES string of the molecule is COc1ccc(Br)cc1C=NNC1=NS(=O)(=O)c2ccccc21. The van der Waals surface area contributed by atoms with Gasteiger partial charge in [0.25, 0.3) is 10.0 Å². The second kappa shape index (κ2) is 6.13. The Hall–Kier alpha value is -2.19. The standard InChI is InChI=1S/C15H12BrN3O3S/c1-22-13-7-6-11(16)8-10(13)9-17-18-15-12-4-2-3-5-14(12)23(20,21)19-15/h2-9H,1H3,(H,18,19). The molecule has 23 heavy (non-hydrogen) atoms. The molecule has 3 rings (SSSR count). The quantitative estimate of drug-likeness (QED) is 0.641. The molecule has 1 aliphatic heterocycles. The Morgan fingerprint density at radius 3 is 2.83 bits per heavy atom. The lowest BCUT2D eigenvalue weighted by molar-refractivity contribution is 0.414. The van der Waals surface area contributed by atoms with Crippen molar-refractivity contribution in [1.82, 2.24) is 5.43 Å². The summed E-state index contributed by atoms with van der Waals surface area (Å²) >= 11 is 3.38. The van der Waals surface area contributed by atoms with Gasteiger partial charge in [-0.25, -0.2) is 0 Å². The van der Waals surface area contributed by atoms with Crippen molar-refractivity contribution in [3.63, 3.8) is 0 Å². The Morgan fingerprint density at radius 2 is 2.04 bits per heavy atom. The second-order valence-electron chi connectivity index (χ2n) is 4.67. The fraction of sp³-hybridized carbons (Fsp3) is 0.0667. The number of sulfonamides is 1. The van der Waals surface area contributed by atoms with Gasteiger partial charge in [-0.1, -0.05) is 28.1 Å². The normalized spacial score (nSPS) is 15.3. The number of benzene rings is 2. The van der Waals surface area contributed by atoms with E-state index >= 15 is 0 Å². The summed E-state index contributed by atoms with van der Waals surface area (Å²) < 4.78 is 33.7. The summed E-state index contributed by atoms with van der Waals surface area (Å²) in [6, 6.07) is 12.1. The van der Waals surface area contributed by atoms with E-state index in [0.29, 0.717) is 11.3 Å². The number of amidine groups is 1. The average molecular weight is 394 g/mol. The first-order valence-corrected chi connectivity index (χ1v) is 8.81. The summed E-state index contributed by atoms with van der Waals surface area (Å²) in [5, 5.41) is 4.07. The lowest BCUT2D eigenvalue weighted by Crippen LogP contribution is -2.17. The van der Waals surface area contributed by atoms with E-state index < -0.39 is 10.0 Å². The van der Waals surface area contributed by atoms with E-state index in [-0.39, 0.29) is 10.7 Å².